The first-order valence-electron chi connectivity index (χ1n) is 9.87. The van der Waals surface area contributed by atoms with Gasteiger partial charge >= 0.3 is 0 Å². The number of aliphatic hydroxyl groups excluding tert-OH is 1. The lowest BCUT2D eigenvalue weighted by atomic mass is 9.89. The van der Waals surface area contributed by atoms with E-state index >= 15 is 0 Å². The highest BCUT2D eigenvalue weighted by Gasteiger charge is 2.23. The van der Waals surface area contributed by atoms with Crippen molar-refractivity contribution in [2.24, 2.45) is 5.92 Å². The fraction of sp³-hybridized carbons (Fsp3) is 0.524. The van der Waals surface area contributed by atoms with Crippen LogP contribution < -0.4 is 10.9 Å². The van der Waals surface area contributed by atoms with E-state index in [9.17, 15) is 14.7 Å². The van der Waals surface area contributed by atoms with Gasteiger partial charge in [-0.15, -0.1) is 0 Å². The number of nitrogens with zero attached hydrogens (tertiary/aromatic N) is 1. The van der Waals surface area contributed by atoms with Crippen LogP contribution in [0.3, 0.4) is 0 Å². The maximum Gasteiger partial charge on any atom is 0.267 e. The second kappa shape index (κ2) is 9.04. The molecule has 0 aliphatic heterocycles. The molecule has 2 aromatic rings. The molecule has 1 saturated carbocycles. The summed E-state index contributed by atoms with van der Waals surface area (Å²) in [7, 11) is 0. The van der Waals surface area contributed by atoms with Crippen LogP contribution in [0, 0.1) is 5.92 Å². The number of aromatic hydroxyl groups is 1. The molecule has 1 fully saturated rings. The molecule has 0 unspecified atom stereocenters. The van der Waals surface area contributed by atoms with E-state index in [1.807, 2.05) is 0 Å². The van der Waals surface area contributed by atoms with Crippen molar-refractivity contribution >= 4 is 16.8 Å². The number of para-hydroxylation sites is 1. The summed E-state index contributed by atoms with van der Waals surface area (Å²) < 4.78 is 1.53. The van der Waals surface area contributed by atoms with Gasteiger partial charge in [0.25, 0.3) is 11.5 Å². The summed E-state index contributed by atoms with van der Waals surface area (Å²) in [6.45, 7) is 0.984. The predicted molar refractivity (Wildman–Crippen MR) is 105 cm³/mol. The molecule has 1 aromatic heterocycles. The second-order valence-corrected chi connectivity index (χ2v) is 7.34. The summed E-state index contributed by atoms with van der Waals surface area (Å²) in [5, 5.41) is 23.0. The Balaban J connectivity index is 1.91. The predicted octanol–water partition coefficient (Wildman–Crippen LogP) is 2.79. The van der Waals surface area contributed by atoms with Crippen molar-refractivity contribution in [2.75, 3.05) is 13.2 Å². The van der Waals surface area contributed by atoms with Gasteiger partial charge in [0.2, 0.25) is 0 Å². The Morgan fingerprint density at radius 3 is 2.63 bits per heavy atom. The molecule has 0 bridgehead atoms. The van der Waals surface area contributed by atoms with Gasteiger partial charge in [-0.3, -0.25) is 9.59 Å². The van der Waals surface area contributed by atoms with Gasteiger partial charge in [0.15, 0.2) is 0 Å². The van der Waals surface area contributed by atoms with Crippen molar-refractivity contribution in [3.8, 4) is 5.75 Å². The number of aromatic nitrogens is 1. The molecule has 1 heterocycles. The molecule has 1 aromatic carbocycles. The number of benzene rings is 1. The number of pyridine rings is 1. The lowest BCUT2D eigenvalue weighted by molar-refractivity contribution is 0.0939. The van der Waals surface area contributed by atoms with Crippen LogP contribution in [0.5, 0.6) is 5.75 Å². The number of rotatable bonds is 7. The number of aryl methyl sites for hydroxylation is 1. The average molecular weight is 372 g/mol. The van der Waals surface area contributed by atoms with Crippen LogP contribution >= 0.6 is 0 Å². The van der Waals surface area contributed by atoms with Crippen LogP contribution in [0.25, 0.3) is 10.9 Å². The van der Waals surface area contributed by atoms with Crippen LogP contribution in [0.2, 0.25) is 0 Å². The average Bonchev–Trinajstić information content (AvgIpc) is 2.70. The highest BCUT2D eigenvalue weighted by molar-refractivity contribution is 6.02. The number of unbranched alkanes of at least 4 members (excludes halogenated alkanes) is 1. The lowest BCUT2D eigenvalue weighted by Gasteiger charge is -2.22. The molecule has 1 aliphatic carbocycles. The third-order valence-corrected chi connectivity index (χ3v) is 5.44. The number of fused-ring (bicyclic) bond motifs is 1. The molecule has 6 heteroatoms. The molecule has 0 atom stereocenters. The molecule has 27 heavy (non-hydrogen) atoms. The quantitative estimate of drug-likeness (QED) is 0.652. The van der Waals surface area contributed by atoms with Crippen molar-refractivity contribution < 1.29 is 15.0 Å². The van der Waals surface area contributed by atoms with E-state index < -0.39 is 11.5 Å². The number of hydrogen-bond donors (Lipinski definition) is 3. The molecule has 1 amide bonds. The Kier molecular flexibility index (Phi) is 6.50. The number of nitrogens with one attached hydrogen (secondary N) is 1. The summed E-state index contributed by atoms with van der Waals surface area (Å²) in [4.78, 5) is 25.7. The third-order valence-electron chi connectivity index (χ3n) is 5.44. The van der Waals surface area contributed by atoms with Crippen LogP contribution in [-0.2, 0) is 6.54 Å². The zero-order chi connectivity index (χ0) is 19.2. The van der Waals surface area contributed by atoms with Crippen molar-refractivity contribution in [3.05, 3.63) is 40.2 Å². The van der Waals surface area contributed by atoms with Crippen LogP contribution in [0.15, 0.2) is 29.1 Å². The van der Waals surface area contributed by atoms with Gasteiger partial charge in [0, 0.05) is 25.1 Å². The van der Waals surface area contributed by atoms with Gasteiger partial charge in [-0.1, -0.05) is 31.4 Å². The SMILES string of the molecule is O=C(NCC1CCCCC1)c1c(O)c2ccccc2n(CCCCO)c1=O. The van der Waals surface area contributed by atoms with Crippen molar-refractivity contribution in [1.82, 2.24) is 9.88 Å². The standard InChI is InChI=1S/C21H28N2O4/c24-13-7-6-12-23-17-11-5-4-10-16(17)19(25)18(21(23)27)20(26)22-14-15-8-2-1-3-9-15/h4-5,10-11,15,24-25H,1-3,6-9,12-14H2,(H,22,26). The molecule has 3 rings (SSSR count). The summed E-state index contributed by atoms with van der Waals surface area (Å²) >= 11 is 0. The topological polar surface area (TPSA) is 91.6 Å². The summed E-state index contributed by atoms with van der Waals surface area (Å²) in [5.41, 5.74) is -0.0689. The molecule has 0 radical (unpaired) electrons. The fourth-order valence-electron chi connectivity index (χ4n) is 3.91. The van der Waals surface area contributed by atoms with E-state index in [0.717, 1.165) is 12.8 Å². The Labute approximate surface area is 158 Å². The van der Waals surface area contributed by atoms with E-state index in [-0.39, 0.29) is 17.9 Å². The van der Waals surface area contributed by atoms with Crippen molar-refractivity contribution in [3.63, 3.8) is 0 Å². The molecule has 1 aliphatic rings. The van der Waals surface area contributed by atoms with Gasteiger partial charge < -0.3 is 20.1 Å². The molecule has 0 saturated heterocycles. The smallest absolute Gasteiger partial charge is 0.267 e. The molecule has 6 nitrogen and oxygen atoms in total. The molecule has 146 valence electrons. The normalized spacial score (nSPS) is 15.1. The van der Waals surface area contributed by atoms with Gasteiger partial charge in [0.05, 0.1) is 5.52 Å². The largest absolute Gasteiger partial charge is 0.506 e. The van der Waals surface area contributed by atoms with Crippen molar-refractivity contribution in [2.45, 2.75) is 51.5 Å². The van der Waals surface area contributed by atoms with Gasteiger partial charge in [-0.25, -0.2) is 0 Å². The zero-order valence-electron chi connectivity index (χ0n) is 15.6. The number of aliphatic hydroxyl groups is 1. The van der Waals surface area contributed by atoms with Crippen LogP contribution in [-0.4, -0.2) is 33.8 Å². The van der Waals surface area contributed by atoms with E-state index in [1.54, 1.807) is 24.3 Å². The first kappa shape index (κ1) is 19.4. The van der Waals surface area contributed by atoms with E-state index in [0.29, 0.717) is 42.8 Å². The monoisotopic (exact) mass is 372 g/mol. The Bertz CT molecular complexity index is 853. The van der Waals surface area contributed by atoms with Gasteiger partial charge in [0.1, 0.15) is 11.3 Å². The maximum absolute atomic E-state index is 13.0. The van der Waals surface area contributed by atoms with E-state index in [2.05, 4.69) is 5.32 Å². The number of carbonyl (C=O) groups excluding carboxylic acids is 1. The summed E-state index contributed by atoms with van der Waals surface area (Å²) in [6, 6.07) is 7.05. The highest BCUT2D eigenvalue weighted by Crippen LogP contribution is 2.27. The second-order valence-electron chi connectivity index (χ2n) is 7.34. The maximum atomic E-state index is 13.0. The lowest BCUT2D eigenvalue weighted by Crippen LogP contribution is -2.36. The Morgan fingerprint density at radius 1 is 1.15 bits per heavy atom. The van der Waals surface area contributed by atoms with Gasteiger partial charge in [-0.05, 0) is 43.7 Å². The minimum absolute atomic E-state index is 0.0551. The fourth-order valence-corrected chi connectivity index (χ4v) is 3.91. The number of hydrogen-bond acceptors (Lipinski definition) is 4. The van der Waals surface area contributed by atoms with E-state index in [1.165, 1.54) is 23.8 Å². The number of carbonyl (C=O) groups is 1. The van der Waals surface area contributed by atoms with Crippen LogP contribution in [0.4, 0.5) is 0 Å². The zero-order valence-corrected chi connectivity index (χ0v) is 15.6. The van der Waals surface area contributed by atoms with Crippen molar-refractivity contribution in [1.29, 1.82) is 0 Å². The van der Waals surface area contributed by atoms with Crippen LogP contribution in [0.1, 0.15) is 55.3 Å². The molecule has 0 spiro atoms. The minimum atomic E-state index is -0.510. The Morgan fingerprint density at radius 2 is 1.89 bits per heavy atom. The number of amides is 1. The first-order valence-corrected chi connectivity index (χ1v) is 9.87. The molecular formula is C21H28N2O4. The minimum Gasteiger partial charge on any atom is -0.506 e. The Hall–Kier alpha value is -2.34. The highest BCUT2D eigenvalue weighted by atomic mass is 16.3. The summed E-state index contributed by atoms with van der Waals surface area (Å²) in [5.74, 6) is -0.322. The third kappa shape index (κ3) is 4.33. The van der Waals surface area contributed by atoms with Gasteiger partial charge in [-0.2, -0.15) is 0 Å². The molecular weight excluding hydrogens is 344 g/mol. The summed E-state index contributed by atoms with van der Waals surface area (Å²) in [6.07, 6.45) is 6.98. The van der Waals surface area contributed by atoms with E-state index in [4.69, 9.17) is 5.11 Å². The first-order chi connectivity index (χ1) is 13.1. The molecule has 3 N–H and O–H groups in total.